The maximum Gasteiger partial charge on any atom is 0.303 e. The zero-order valence-electron chi connectivity index (χ0n) is 13.6. The summed E-state index contributed by atoms with van der Waals surface area (Å²) in [6, 6.07) is 0.396. The number of nitrogens with one attached hydrogen (secondary N) is 1. The zero-order chi connectivity index (χ0) is 15.8. The van der Waals surface area contributed by atoms with E-state index in [1.165, 1.54) is 19.3 Å². The fourth-order valence-corrected chi connectivity index (χ4v) is 3.65. The van der Waals surface area contributed by atoms with Crippen molar-refractivity contribution in [3.8, 4) is 0 Å². The number of aliphatic carboxylic acids is 1. The van der Waals surface area contributed by atoms with Gasteiger partial charge in [-0.3, -0.25) is 9.59 Å². The van der Waals surface area contributed by atoms with Crippen molar-refractivity contribution in [2.75, 3.05) is 19.6 Å². The number of hydrogen-bond acceptors (Lipinski definition) is 3. The molecule has 1 saturated heterocycles. The maximum absolute atomic E-state index is 12.4. The second-order valence-electron chi connectivity index (χ2n) is 6.83. The molecule has 5 nitrogen and oxygen atoms in total. The van der Waals surface area contributed by atoms with Crippen LogP contribution in [-0.4, -0.2) is 47.6 Å². The molecule has 2 fully saturated rings. The summed E-state index contributed by atoms with van der Waals surface area (Å²) in [7, 11) is 0. The van der Waals surface area contributed by atoms with E-state index in [1.54, 1.807) is 0 Å². The number of nitrogens with zero attached hydrogens (tertiary/aromatic N) is 1. The Bertz CT molecular complexity index is 367. The van der Waals surface area contributed by atoms with Crippen LogP contribution in [0.3, 0.4) is 0 Å². The first kappa shape index (κ1) is 17.3. The van der Waals surface area contributed by atoms with Crippen LogP contribution in [-0.2, 0) is 9.59 Å². The Hall–Kier alpha value is -1.10. The average molecular weight is 310 g/mol. The number of carbonyl (C=O) groups excluding carboxylic acids is 1. The van der Waals surface area contributed by atoms with Crippen molar-refractivity contribution < 1.29 is 14.7 Å². The molecule has 1 aliphatic heterocycles. The average Bonchev–Trinajstić information content (AvgIpc) is 2.53. The lowest BCUT2D eigenvalue weighted by atomic mass is 9.93. The molecule has 126 valence electrons. The molecule has 2 rings (SSSR count). The van der Waals surface area contributed by atoms with E-state index in [2.05, 4.69) is 10.2 Å². The fraction of sp³-hybridized carbons (Fsp3) is 0.882. The normalized spacial score (nSPS) is 24.1. The highest BCUT2D eigenvalue weighted by Crippen LogP contribution is 2.21. The highest BCUT2D eigenvalue weighted by Gasteiger charge is 2.27. The number of carboxylic acids is 1. The van der Waals surface area contributed by atoms with E-state index in [1.807, 2.05) is 0 Å². The fourth-order valence-electron chi connectivity index (χ4n) is 3.65. The lowest BCUT2D eigenvalue weighted by Gasteiger charge is -2.33. The Morgan fingerprint density at radius 3 is 2.55 bits per heavy atom. The molecule has 0 bridgehead atoms. The number of amides is 1. The van der Waals surface area contributed by atoms with Gasteiger partial charge in [-0.05, 0) is 51.6 Å². The number of carbonyl (C=O) groups is 2. The summed E-state index contributed by atoms with van der Waals surface area (Å²) in [4.78, 5) is 25.3. The highest BCUT2D eigenvalue weighted by atomic mass is 16.4. The standard InChI is InChI=1S/C17H30N2O3/c20-16(21)10-4-5-11-19-12-6-7-14(13-19)17(22)18-15-8-2-1-3-9-15/h14-15H,1-13H2,(H,18,22)(H,20,21). The van der Waals surface area contributed by atoms with Gasteiger partial charge in [0, 0.05) is 19.0 Å². The molecular weight excluding hydrogens is 280 g/mol. The third kappa shape index (κ3) is 5.95. The third-order valence-corrected chi connectivity index (χ3v) is 4.94. The van der Waals surface area contributed by atoms with E-state index in [9.17, 15) is 9.59 Å². The summed E-state index contributed by atoms with van der Waals surface area (Å²) in [6.07, 6.45) is 10.0. The molecule has 1 heterocycles. The minimum absolute atomic E-state index is 0.121. The minimum Gasteiger partial charge on any atom is -0.481 e. The second kappa shape index (κ2) is 9.13. The second-order valence-corrected chi connectivity index (χ2v) is 6.83. The molecule has 0 aromatic rings. The van der Waals surface area contributed by atoms with Crippen LogP contribution >= 0.6 is 0 Å². The Labute approximate surface area is 133 Å². The van der Waals surface area contributed by atoms with E-state index < -0.39 is 5.97 Å². The molecule has 1 atom stereocenters. The number of unbranched alkanes of at least 4 members (excludes halogenated alkanes) is 1. The molecule has 1 amide bonds. The van der Waals surface area contributed by atoms with Gasteiger partial charge in [0.25, 0.3) is 0 Å². The molecule has 0 spiro atoms. The van der Waals surface area contributed by atoms with Crippen LogP contribution in [0, 0.1) is 5.92 Å². The lowest BCUT2D eigenvalue weighted by Crippen LogP contribution is -2.46. The van der Waals surface area contributed by atoms with Crippen LogP contribution < -0.4 is 5.32 Å². The SMILES string of the molecule is O=C(O)CCCCN1CCCC(C(=O)NC2CCCCC2)C1. The Morgan fingerprint density at radius 2 is 1.82 bits per heavy atom. The minimum atomic E-state index is -0.719. The summed E-state index contributed by atoms with van der Waals surface area (Å²) < 4.78 is 0. The van der Waals surface area contributed by atoms with Gasteiger partial charge in [0.15, 0.2) is 0 Å². The van der Waals surface area contributed by atoms with Gasteiger partial charge in [-0.2, -0.15) is 0 Å². The summed E-state index contributed by atoms with van der Waals surface area (Å²) in [5.41, 5.74) is 0. The molecule has 1 saturated carbocycles. The van der Waals surface area contributed by atoms with E-state index >= 15 is 0 Å². The number of rotatable bonds is 7. The zero-order valence-corrected chi connectivity index (χ0v) is 13.6. The molecule has 5 heteroatoms. The van der Waals surface area contributed by atoms with Crippen molar-refractivity contribution in [3.63, 3.8) is 0 Å². The highest BCUT2D eigenvalue weighted by molar-refractivity contribution is 5.79. The number of likely N-dealkylation sites (tertiary alicyclic amines) is 1. The van der Waals surface area contributed by atoms with Crippen molar-refractivity contribution in [3.05, 3.63) is 0 Å². The molecule has 0 aromatic carbocycles. The first-order valence-electron chi connectivity index (χ1n) is 8.89. The van der Waals surface area contributed by atoms with Crippen molar-refractivity contribution in [2.24, 2.45) is 5.92 Å². The van der Waals surface area contributed by atoms with Crippen molar-refractivity contribution in [1.82, 2.24) is 10.2 Å². The molecular formula is C17H30N2O3. The van der Waals surface area contributed by atoms with Crippen molar-refractivity contribution >= 4 is 11.9 Å². The van der Waals surface area contributed by atoms with Gasteiger partial charge < -0.3 is 15.3 Å². The number of piperidine rings is 1. The Kier molecular flexibility index (Phi) is 7.16. The van der Waals surface area contributed by atoms with Crippen LogP contribution in [0.1, 0.15) is 64.2 Å². The molecule has 2 aliphatic rings. The van der Waals surface area contributed by atoms with Crippen LogP contribution in [0.25, 0.3) is 0 Å². The third-order valence-electron chi connectivity index (χ3n) is 4.94. The van der Waals surface area contributed by atoms with Gasteiger partial charge in [-0.15, -0.1) is 0 Å². The van der Waals surface area contributed by atoms with Gasteiger partial charge in [-0.1, -0.05) is 19.3 Å². The van der Waals surface area contributed by atoms with Crippen molar-refractivity contribution in [2.45, 2.75) is 70.3 Å². The molecule has 0 radical (unpaired) electrons. The van der Waals surface area contributed by atoms with Gasteiger partial charge in [0.05, 0.1) is 5.92 Å². The lowest BCUT2D eigenvalue weighted by molar-refractivity contribution is -0.137. The van der Waals surface area contributed by atoms with Crippen LogP contribution in [0.5, 0.6) is 0 Å². The van der Waals surface area contributed by atoms with Crippen LogP contribution in [0.15, 0.2) is 0 Å². The van der Waals surface area contributed by atoms with Gasteiger partial charge in [0.2, 0.25) is 5.91 Å². The van der Waals surface area contributed by atoms with Gasteiger partial charge in [0.1, 0.15) is 0 Å². The van der Waals surface area contributed by atoms with Gasteiger partial charge in [-0.25, -0.2) is 0 Å². The van der Waals surface area contributed by atoms with E-state index in [0.29, 0.717) is 6.04 Å². The number of carboxylic acid groups (broad SMARTS) is 1. The summed E-state index contributed by atoms with van der Waals surface area (Å²) >= 11 is 0. The maximum atomic E-state index is 12.4. The van der Waals surface area contributed by atoms with Crippen molar-refractivity contribution in [1.29, 1.82) is 0 Å². The molecule has 2 N–H and O–H groups in total. The Balaban J connectivity index is 1.67. The quantitative estimate of drug-likeness (QED) is 0.709. The largest absolute Gasteiger partial charge is 0.481 e. The molecule has 1 unspecified atom stereocenters. The topological polar surface area (TPSA) is 69.6 Å². The first-order valence-corrected chi connectivity index (χ1v) is 8.89. The number of hydrogen-bond donors (Lipinski definition) is 2. The van der Waals surface area contributed by atoms with E-state index in [-0.39, 0.29) is 18.2 Å². The predicted molar refractivity (Wildman–Crippen MR) is 85.7 cm³/mol. The van der Waals surface area contributed by atoms with E-state index in [0.717, 1.165) is 58.2 Å². The summed E-state index contributed by atoms with van der Waals surface area (Å²) in [6.45, 7) is 2.80. The van der Waals surface area contributed by atoms with Crippen LogP contribution in [0.4, 0.5) is 0 Å². The predicted octanol–water partition coefficient (Wildman–Crippen LogP) is 2.40. The van der Waals surface area contributed by atoms with Gasteiger partial charge >= 0.3 is 5.97 Å². The monoisotopic (exact) mass is 310 g/mol. The first-order chi connectivity index (χ1) is 10.6. The summed E-state index contributed by atoms with van der Waals surface area (Å²) in [5.74, 6) is -0.360. The molecule has 22 heavy (non-hydrogen) atoms. The summed E-state index contributed by atoms with van der Waals surface area (Å²) in [5, 5.41) is 11.9. The smallest absolute Gasteiger partial charge is 0.303 e. The molecule has 1 aliphatic carbocycles. The van der Waals surface area contributed by atoms with Crippen LogP contribution in [0.2, 0.25) is 0 Å². The Morgan fingerprint density at radius 1 is 1.05 bits per heavy atom. The van der Waals surface area contributed by atoms with E-state index in [4.69, 9.17) is 5.11 Å². The molecule has 0 aromatic heterocycles.